The van der Waals surface area contributed by atoms with Gasteiger partial charge in [-0.15, -0.1) is 0 Å². The summed E-state index contributed by atoms with van der Waals surface area (Å²) in [5.74, 6) is -1.19. The second kappa shape index (κ2) is 5.95. The summed E-state index contributed by atoms with van der Waals surface area (Å²) in [5.41, 5.74) is 2.64. The molecule has 7 heteroatoms. The van der Waals surface area contributed by atoms with Crippen molar-refractivity contribution in [1.29, 1.82) is 0 Å². The molecule has 130 valence electrons. The lowest BCUT2D eigenvalue weighted by Gasteiger charge is -2.32. The molecule has 4 rings (SSSR count). The predicted molar refractivity (Wildman–Crippen MR) is 95.3 cm³/mol. The molecule has 0 saturated carbocycles. The van der Waals surface area contributed by atoms with E-state index in [4.69, 9.17) is 11.6 Å². The molecule has 3 heterocycles. The van der Waals surface area contributed by atoms with E-state index in [0.717, 1.165) is 22.4 Å². The molecule has 25 heavy (non-hydrogen) atoms. The number of benzene rings is 1. The highest BCUT2D eigenvalue weighted by Crippen LogP contribution is 2.34. The molecule has 0 N–H and O–H groups in total. The van der Waals surface area contributed by atoms with Crippen LogP contribution in [-0.4, -0.2) is 33.5 Å². The molecular formula is C18H17ClF2N4. The summed E-state index contributed by atoms with van der Waals surface area (Å²) in [6.07, 6.45) is 1.26. The zero-order valence-electron chi connectivity index (χ0n) is 13.7. The van der Waals surface area contributed by atoms with Gasteiger partial charge in [0.25, 0.3) is 5.92 Å². The molecule has 0 spiro atoms. The Balaban J connectivity index is 1.74. The number of aryl methyl sites for hydroxylation is 1. The van der Waals surface area contributed by atoms with Crippen LogP contribution in [0.25, 0.3) is 22.4 Å². The normalized spacial score (nSPS) is 17.2. The van der Waals surface area contributed by atoms with Gasteiger partial charge in [-0.2, -0.15) is 0 Å². The minimum atomic E-state index is -2.58. The van der Waals surface area contributed by atoms with E-state index >= 15 is 0 Å². The quantitative estimate of drug-likeness (QED) is 0.672. The first-order valence-corrected chi connectivity index (χ1v) is 8.52. The number of piperidine rings is 1. The molecule has 3 aromatic rings. The molecule has 0 amide bonds. The molecule has 0 radical (unpaired) electrons. The maximum absolute atomic E-state index is 13.4. The molecule has 1 aliphatic heterocycles. The van der Waals surface area contributed by atoms with Crippen LogP contribution in [0.5, 0.6) is 0 Å². The van der Waals surface area contributed by atoms with Gasteiger partial charge in [0.05, 0.1) is 16.1 Å². The van der Waals surface area contributed by atoms with E-state index in [0.29, 0.717) is 10.8 Å². The van der Waals surface area contributed by atoms with Gasteiger partial charge in [0.2, 0.25) is 0 Å². The van der Waals surface area contributed by atoms with E-state index in [1.165, 1.54) is 0 Å². The average molecular weight is 363 g/mol. The van der Waals surface area contributed by atoms with Crippen molar-refractivity contribution in [3.63, 3.8) is 0 Å². The van der Waals surface area contributed by atoms with Gasteiger partial charge >= 0.3 is 0 Å². The maximum Gasteiger partial charge on any atom is 0.251 e. The van der Waals surface area contributed by atoms with E-state index in [9.17, 15) is 8.78 Å². The third-order valence-electron chi connectivity index (χ3n) is 4.69. The van der Waals surface area contributed by atoms with Crippen LogP contribution in [0, 0.1) is 0 Å². The van der Waals surface area contributed by atoms with Gasteiger partial charge in [0, 0.05) is 44.7 Å². The zero-order chi connectivity index (χ0) is 17.6. The Hall–Kier alpha value is -2.21. The van der Waals surface area contributed by atoms with E-state index in [-0.39, 0.29) is 25.9 Å². The van der Waals surface area contributed by atoms with Gasteiger partial charge < -0.3 is 9.47 Å². The van der Waals surface area contributed by atoms with Gasteiger partial charge in [0.15, 0.2) is 0 Å². The Kier molecular flexibility index (Phi) is 3.87. The van der Waals surface area contributed by atoms with Crippen LogP contribution in [0.15, 0.2) is 36.5 Å². The van der Waals surface area contributed by atoms with Crippen LogP contribution in [0.3, 0.4) is 0 Å². The van der Waals surface area contributed by atoms with E-state index in [2.05, 4.69) is 9.97 Å². The first-order chi connectivity index (χ1) is 11.9. The molecule has 2 aromatic heterocycles. The van der Waals surface area contributed by atoms with Crippen molar-refractivity contribution in [1.82, 2.24) is 14.5 Å². The molecule has 0 atom stereocenters. The predicted octanol–water partition coefficient (Wildman–Crippen LogP) is 4.52. The monoisotopic (exact) mass is 362 g/mol. The summed E-state index contributed by atoms with van der Waals surface area (Å²) in [7, 11) is 1.93. The summed E-state index contributed by atoms with van der Waals surface area (Å²) < 4.78 is 28.8. The highest BCUT2D eigenvalue weighted by molar-refractivity contribution is 6.33. The van der Waals surface area contributed by atoms with E-state index < -0.39 is 5.92 Å². The number of alkyl halides is 2. The molecular weight excluding hydrogens is 346 g/mol. The Morgan fingerprint density at radius 1 is 1.16 bits per heavy atom. The number of anilines is 1. The number of hydrogen-bond acceptors (Lipinski definition) is 3. The van der Waals surface area contributed by atoms with E-state index in [1.54, 1.807) is 6.20 Å². The van der Waals surface area contributed by atoms with Crippen LogP contribution >= 0.6 is 11.6 Å². The van der Waals surface area contributed by atoms with Crippen LogP contribution in [0.1, 0.15) is 12.8 Å². The SMILES string of the molecule is Cn1c(-c2cc(N3CCC(F)(F)CC3)ncc2Cl)nc2ccccc21. The third kappa shape index (κ3) is 2.95. The molecule has 1 saturated heterocycles. The van der Waals surface area contributed by atoms with Crippen molar-refractivity contribution in [3.05, 3.63) is 41.6 Å². The molecule has 0 aliphatic carbocycles. The van der Waals surface area contributed by atoms with Gasteiger partial charge in [-0.25, -0.2) is 18.7 Å². The smallest absolute Gasteiger partial charge is 0.251 e. The number of halogens is 3. The first kappa shape index (κ1) is 16.3. The maximum atomic E-state index is 13.4. The fraction of sp³-hybridized carbons (Fsp3) is 0.333. The van der Waals surface area contributed by atoms with Crippen molar-refractivity contribution in [2.75, 3.05) is 18.0 Å². The topological polar surface area (TPSA) is 34.0 Å². The van der Waals surface area contributed by atoms with Gasteiger partial charge in [-0.1, -0.05) is 23.7 Å². The minimum absolute atomic E-state index is 0.154. The van der Waals surface area contributed by atoms with Crippen LogP contribution in [-0.2, 0) is 7.05 Å². The van der Waals surface area contributed by atoms with Gasteiger partial charge in [0.1, 0.15) is 11.6 Å². The van der Waals surface area contributed by atoms with Crippen molar-refractivity contribution in [3.8, 4) is 11.4 Å². The highest BCUT2D eigenvalue weighted by Gasteiger charge is 2.34. The standard InChI is InChI=1S/C18H17ClF2N4/c1-24-15-5-3-2-4-14(15)23-17(24)12-10-16(22-11-13(12)19)25-8-6-18(20,21)7-9-25/h2-5,10-11H,6-9H2,1H3. The van der Waals surface area contributed by atoms with Crippen LogP contribution in [0.2, 0.25) is 5.02 Å². The average Bonchev–Trinajstić information content (AvgIpc) is 2.93. The third-order valence-corrected chi connectivity index (χ3v) is 4.99. The number of nitrogens with zero attached hydrogens (tertiary/aromatic N) is 4. The second-order valence-corrected chi connectivity index (χ2v) is 6.76. The van der Waals surface area contributed by atoms with E-state index in [1.807, 2.05) is 46.8 Å². The van der Waals surface area contributed by atoms with Crippen molar-refractivity contribution in [2.24, 2.45) is 7.05 Å². The lowest BCUT2D eigenvalue weighted by atomic mass is 10.1. The van der Waals surface area contributed by atoms with Crippen molar-refractivity contribution < 1.29 is 8.78 Å². The number of rotatable bonds is 2. The lowest BCUT2D eigenvalue weighted by Crippen LogP contribution is -2.39. The molecule has 1 fully saturated rings. The zero-order valence-corrected chi connectivity index (χ0v) is 14.5. The van der Waals surface area contributed by atoms with Crippen molar-refractivity contribution >= 4 is 28.5 Å². The van der Waals surface area contributed by atoms with Gasteiger partial charge in [-0.05, 0) is 18.2 Å². The molecule has 1 aliphatic rings. The fourth-order valence-electron chi connectivity index (χ4n) is 3.22. The highest BCUT2D eigenvalue weighted by atomic mass is 35.5. The van der Waals surface area contributed by atoms with Crippen LogP contribution < -0.4 is 4.90 Å². The summed E-state index contributed by atoms with van der Waals surface area (Å²) in [6, 6.07) is 9.68. The van der Waals surface area contributed by atoms with Gasteiger partial charge in [-0.3, -0.25) is 0 Å². The minimum Gasteiger partial charge on any atom is -0.356 e. The lowest BCUT2D eigenvalue weighted by molar-refractivity contribution is -0.0221. The number of hydrogen-bond donors (Lipinski definition) is 0. The molecule has 1 aromatic carbocycles. The van der Waals surface area contributed by atoms with Crippen molar-refractivity contribution in [2.45, 2.75) is 18.8 Å². The Bertz CT molecular complexity index is 928. The Morgan fingerprint density at radius 2 is 1.88 bits per heavy atom. The Labute approximate surface area is 149 Å². The van der Waals surface area contributed by atoms with Crippen LogP contribution in [0.4, 0.5) is 14.6 Å². The number of para-hydroxylation sites is 2. The molecule has 0 unspecified atom stereocenters. The summed E-state index contributed by atoms with van der Waals surface area (Å²) in [6.45, 7) is 0.563. The number of imidazole rings is 1. The first-order valence-electron chi connectivity index (χ1n) is 8.15. The fourth-order valence-corrected chi connectivity index (χ4v) is 3.41. The largest absolute Gasteiger partial charge is 0.356 e. The summed E-state index contributed by atoms with van der Waals surface area (Å²) in [5, 5.41) is 0.490. The number of aromatic nitrogens is 3. The molecule has 4 nitrogen and oxygen atoms in total. The second-order valence-electron chi connectivity index (χ2n) is 6.35. The Morgan fingerprint density at radius 3 is 2.60 bits per heavy atom. The number of fused-ring (bicyclic) bond motifs is 1. The summed E-state index contributed by atoms with van der Waals surface area (Å²) >= 11 is 6.36. The molecule has 0 bridgehead atoms. The number of pyridine rings is 1. The summed E-state index contributed by atoms with van der Waals surface area (Å²) in [4.78, 5) is 10.9.